The van der Waals surface area contributed by atoms with E-state index in [9.17, 15) is 4.79 Å². The van der Waals surface area contributed by atoms with Gasteiger partial charge in [-0.25, -0.2) is 4.68 Å². The fourth-order valence-corrected chi connectivity index (χ4v) is 3.07. The number of halogens is 1. The molecule has 0 saturated carbocycles. The highest BCUT2D eigenvalue weighted by molar-refractivity contribution is 9.10. The van der Waals surface area contributed by atoms with Gasteiger partial charge in [-0.2, -0.15) is 5.10 Å². The minimum atomic E-state index is -0.110. The van der Waals surface area contributed by atoms with Gasteiger partial charge in [-0.15, -0.1) is 0 Å². The third-order valence-electron chi connectivity index (χ3n) is 3.76. The van der Waals surface area contributed by atoms with E-state index in [1.165, 1.54) is 30.5 Å². The molecule has 19 heavy (non-hydrogen) atoms. The molecule has 1 saturated heterocycles. The summed E-state index contributed by atoms with van der Waals surface area (Å²) in [4.78, 5) is 14.3. The van der Waals surface area contributed by atoms with Gasteiger partial charge in [0.2, 0.25) is 0 Å². The molecule has 1 aliphatic rings. The Kier molecular flexibility index (Phi) is 4.99. The van der Waals surface area contributed by atoms with Crippen molar-refractivity contribution in [1.82, 2.24) is 14.7 Å². The van der Waals surface area contributed by atoms with Gasteiger partial charge in [0.05, 0.1) is 11.9 Å². The van der Waals surface area contributed by atoms with Gasteiger partial charge in [0.25, 0.3) is 5.56 Å². The number of hydrogen-bond acceptors (Lipinski definition) is 4. The standard InChI is InChI=1S/C13H21BrN4O/c1-3-18-7-5-4-6-10(18)8-15-11-9-16-17(2)13(19)12(11)14/h9-10,15H,3-8H2,1-2H3. The molecular weight excluding hydrogens is 308 g/mol. The molecule has 2 heterocycles. The number of piperidine rings is 1. The van der Waals surface area contributed by atoms with Crippen molar-refractivity contribution in [2.45, 2.75) is 32.2 Å². The first-order chi connectivity index (χ1) is 9.13. The summed E-state index contributed by atoms with van der Waals surface area (Å²) in [5, 5.41) is 7.39. The second kappa shape index (κ2) is 6.52. The summed E-state index contributed by atoms with van der Waals surface area (Å²) in [7, 11) is 1.65. The summed E-state index contributed by atoms with van der Waals surface area (Å²) in [6.45, 7) is 5.33. The molecule has 2 rings (SSSR count). The zero-order chi connectivity index (χ0) is 13.8. The molecule has 106 valence electrons. The van der Waals surface area contributed by atoms with Gasteiger partial charge in [-0.1, -0.05) is 13.3 Å². The van der Waals surface area contributed by atoms with E-state index in [1.807, 2.05) is 0 Å². The lowest BCUT2D eigenvalue weighted by Gasteiger charge is -2.35. The Morgan fingerprint density at radius 1 is 1.53 bits per heavy atom. The highest BCUT2D eigenvalue weighted by Gasteiger charge is 2.20. The van der Waals surface area contributed by atoms with Crippen molar-refractivity contribution in [3.05, 3.63) is 21.0 Å². The van der Waals surface area contributed by atoms with E-state index in [1.54, 1.807) is 13.2 Å². The highest BCUT2D eigenvalue weighted by Crippen LogP contribution is 2.20. The molecule has 0 amide bonds. The number of nitrogens with one attached hydrogen (secondary N) is 1. The second-order valence-corrected chi connectivity index (χ2v) is 5.75. The van der Waals surface area contributed by atoms with Gasteiger partial charge >= 0.3 is 0 Å². The van der Waals surface area contributed by atoms with Gasteiger partial charge in [0.1, 0.15) is 4.47 Å². The van der Waals surface area contributed by atoms with Crippen LogP contribution in [0.15, 0.2) is 15.5 Å². The summed E-state index contributed by atoms with van der Waals surface area (Å²) in [5.74, 6) is 0. The molecule has 1 aromatic heterocycles. The molecule has 6 heteroatoms. The first-order valence-corrected chi connectivity index (χ1v) is 7.62. The average Bonchev–Trinajstić information content (AvgIpc) is 2.44. The van der Waals surface area contributed by atoms with Gasteiger partial charge in [0, 0.05) is 19.6 Å². The predicted molar refractivity (Wildman–Crippen MR) is 80.6 cm³/mol. The Labute approximate surface area is 122 Å². The Bertz CT molecular complexity index is 488. The normalized spacial score (nSPS) is 20.5. The summed E-state index contributed by atoms with van der Waals surface area (Å²) in [6.07, 6.45) is 5.50. The largest absolute Gasteiger partial charge is 0.381 e. The maximum absolute atomic E-state index is 11.8. The zero-order valence-corrected chi connectivity index (χ0v) is 13.1. The fraction of sp³-hybridized carbons (Fsp3) is 0.692. The third-order valence-corrected chi connectivity index (χ3v) is 4.53. The molecule has 1 atom stereocenters. The molecule has 0 aliphatic carbocycles. The number of rotatable bonds is 4. The van der Waals surface area contributed by atoms with Crippen molar-refractivity contribution < 1.29 is 0 Å². The quantitative estimate of drug-likeness (QED) is 0.916. The molecule has 1 aromatic rings. The number of anilines is 1. The Morgan fingerprint density at radius 3 is 3.05 bits per heavy atom. The molecule has 0 bridgehead atoms. The van der Waals surface area contributed by atoms with Crippen LogP contribution in [0.2, 0.25) is 0 Å². The minimum absolute atomic E-state index is 0.110. The van der Waals surface area contributed by atoms with Crippen LogP contribution in [-0.4, -0.2) is 40.4 Å². The number of likely N-dealkylation sites (N-methyl/N-ethyl adjacent to an activating group) is 1. The summed E-state index contributed by atoms with van der Waals surface area (Å²) < 4.78 is 1.89. The van der Waals surface area contributed by atoms with Crippen molar-refractivity contribution in [2.75, 3.05) is 25.0 Å². The molecule has 0 spiro atoms. The molecule has 0 aromatic carbocycles. The highest BCUT2D eigenvalue weighted by atomic mass is 79.9. The monoisotopic (exact) mass is 328 g/mol. The lowest BCUT2D eigenvalue weighted by Crippen LogP contribution is -2.43. The van der Waals surface area contributed by atoms with Crippen LogP contribution in [0.3, 0.4) is 0 Å². The molecule has 1 N–H and O–H groups in total. The Balaban J connectivity index is 2.02. The van der Waals surface area contributed by atoms with E-state index < -0.39 is 0 Å². The molecule has 0 radical (unpaired) electrons. The molecule has 1 aliphatic heterocycles. The van der Waals surface area contributed by atoms with Crippen LogP contribution in [0.5, 0.6) is 0 Å². The molecule has 5 nitrogen and oxygen atoms in total. The van der Waals surface area contributed by atoms with Crippen molar-refractivity contribution in [1.29, 1.82) is 0 Å². The average molecular weight is 329 g/mol. The fourth-order valence-electron chi connectivity index (χ4n) is 2.57. The number of aryl methyl sites for hydroxylation is 1. The number of aromatic nitrogens is 2. The first-order valence-electron chi connectivity index (χ1n) is 6.83. The smallest absolute Gasteiger partial charge is 0.282 e. The Hall–Kier alpha value is -0.880. The summed E-state index contributed by atoms with van der Waals surface area (Å²) in [6, 6.07) is 0.551. The predicted octanol–water partition coefficient (Wildman–Crippen LogP) is 1.83. The van der Waals surface area contributed by atoms with Crippen LogP contribution in [0.4, 0.5) is 5.69 Å². The van der Waals surface area contributed by atoms with Crippen molar-refractivity contribution >= 4 is 21.6 Å². The van der Waals surface area contributed by atoms with E-state index in [2.05, 4.69) is 38.2 Å². The van der Waals surface area contributed by atoms with Crippen LogP contribution in [0.1, 0.15) is 26.2 Å². The van der Waals surface area contributed by atoms with Crippen LogP contribution in [0.25, 0.3) is 0 Å². The lowest BCUT2D eigenvalue weighted by atomic mass is 10.0. The van der Waals surface area contributed by atoms with Crippen LogP contribution in [-0.2, 0) is 7.05 Å². The number of likely N-dealkylation sites (tertiary alicyclic amines) is 1. The molecule has 1 unspecified atom stereocenters. The van der Waals surface area contributed by atoms with Gasteiger partial charge in [-0.3, -0.25) is 9.69 Å². The van der Waals surface area contributed by atoms with E-state index in [4.69, 9.17) is 0 Å². The molecule has 1 fully saturated rings. The lowest BCUT2D eigenvalue weighted by molar-refractivity contribution is 0.164. The van der Waals surface area contributed by atoms with Crippen LogP contribution >= 0.6 is 15.9 Å². The van der Waals surface area contributed by atoms with E-state index >= 15 is 0 Å². The van der Waals surface area contributed by atoms with Gasteiger partial charge in [-0.05, 0) is 41.9 Å². The maximum Gasteiger partial charge on any atom is 0.282 e. The SMILES string of the molecule is CCN1CCCCC1CNc1cnn(C)c(=O)c1Br. The third kappa shape index (κ3) is 3.36. The van der Waals surface area contributed by atoms with E-state index in [-0.39, 0.29) is 5.56 Å². The van der Waals surface area contributed by atoms with E-state index in [0.29, 0.717) is 10.5 Å². The Morgan fingerprint density at radius 2 is 2.32 bits per heavy atom. The van der Waals surface area contributed by atoms with Crippen molar-refractivity contribution in [2.24, 2.45) is 7.05 Å². The second-order valence-electron chi connectivity index (χ2n) is 4.96. The van der Waals surface area contributed by atoms with Crippen LogP contribution < -0.4 is 10.9 Å². The van der Waals surface area contributed by atoms with Crippen molar-refractivity contribution in [3.8, 4) is 0 Å². The van der Waals surface area contributed by atoms with Crippen molar-refractivity contribution in [3.63, 3.8) is 0 Å². The van der Waals surface area contributed by atoms with Gasteiger partial charge in [0.15, 0.2) is 0 Å². The summed E-state index contributed by atoms with van der Waals surface area (Å²) >= 11 is 3.34. The first kappa shape index (κ1) is 14.5. The van der Waals surface area contributed by atoms with Crippen LogP contribution in [0, 0.1) is 0 Å². The van der Waals surface area contributed by atoms with Gasteiger partial charge < -0.3 is 5.32 Å². The summed E-state index contributed by atoms with van der Waals surface area (Å²) in [5.41, 5.74) is 0.672. The van der Waals surface area contributed by atoms with E-state index in [0.717, 1.165) is 18.8 Å². The number of nitrogens with zero attached hydrogens (tertiary/aromatic N) is 3. The maximum atomic E-state index is 11.8. The number of hydrogen-bond donors (Lipinski definition) is 1. The zero-order valence-electron chi connectivity index (χ0n) is 11.5. The topological polar surface area (TPSA) is 50.2 Å². The minimum Gasteiger partial charge on any atom is -0.381 e. The molecular formula is C13H21BrN4O.